The van der Waals surface area contributed by atoms with Gasteiger partial charge >= 0.3 is 0 Å². The topological polar surface area (TPSA) is 9.23 Å². The van der Waals surface area contributed by atoms with E-state index in [1.165, 1.54) is 32.1 Å². The first-order valence-corrected chi connectivity index (χ1v) is 7.50. The van der Waals surface area contributed by atoms with E-state index in [1.54, 1.807) is 0 Å². The monoisotopic (exact) mass is 316 g/mol. The van der Waals surface area contributed by atoms with Gasteiger partial charge in [-0.15, -0.1) is 0 Å². The first kappa shape index (κ1) is 13.2. The minimum Gasteiger partial charge on any atom is -0.492 e. The third-order valence-electron chi connectivity index (χ3n) is 3.40. The van der Waals surface area contributed by atoms with Crippen LogP contribution in [0.5, 0.6) is 5.75 Å². The molecule has 0 heterocycles. The van der Waals surface area contributed by atoms with Gasteiger partial charge in [0.2, 0.25) is 0 Å². The molecule has 1 fully saturated rings. The standard InChI is InChI=1S/C14H18BrClO/c15-12-6-7-13(16)14(10-12)17-9-8-11-4-2-1-3-5-11/h6-7,10-11H,1-5,8-9H2. The molecule has 0 radical (unpaired) electrons. The third-order valence-corrected chi connectivity index (χ3v) is 4.21. The van der Waals surface area contributed by atoms with Crippen LogP contribution in [-0.4, -0.2) is 6.61 Å². The second kappa shape index (κ2) is 6.65. The van der Waals surface area contributed by atoms with Crippen LogP contribution in [0.4, 0.5) is 0 Å². The van der Waals surface area contributed by atoms with Crippen LogP contribution in [0.15, 0.2) is 22.7 Å². The van der Waals surface area contributed by atoms with Gasteiger partial charge in [0.15, 0.2) is 0 Å². The summed E-state index contributed by atoms with van der Waals surface area (Å²) in [5.41, 5.74) is 0. The Labute approximate surface area is 117 Å². The molecule has 1 aliphatic carbocycles. The summed E-state index contributed by atoms with van der Waals surface area (Å²) in [6.45, 7) is 0.779. The van der Waals surface area contributed by atoms with Gasteiger partial charge in [-0.25, -0.2) is 0 Å². The number of rotatable bonds is 4. The molecule has 1 saturated carbocycles. The molecule has 0 aliphatic heterocycles. The second-order valence-corrected chi connectivity index (χ2v) is 6.04. The van der Waals surface area contributed by atoms with Gasteiger partial charge in [-0.1, -0.05) is 59.6 Å². The van der Waals surface area contributed by atoms with Crippen molar-refractivity contribution in [2.45, 2.75) is 38.5 Å². The lowest BCUT2D eigenvalue weighted by atomic mass is 9.87. The third kappa shape index (κ3) is 4.18. The molecule has 17 heavy (non-hydrogen) atoms. The van der Waals surface area contributed by atoms with E-state index < -0.39 is 0 Å². The van der Waals surface area contributed by atoms with Crippen LogP contribution in [0.3, 0.4) is 0 Å². The van der Waals surface area contributed by atoms with Crippen molar-refractivity contribution in [1.82, 2.24) is 0 Å². The van der Waals surface area contributed by atoms with E-state index in [1.807, 2.05) is 18.2 Å². The average molecular weight is 318 g/mol. The molecule has 0 N–H and O–H groups in total. The number of benzene rings is 1. The molecule has 0 unspecified atom stereocenters. The zero-order valence-electron chi connectivity index (χ0n) is 9.92. The van der Waals surface area contributed by atoms with E-state index >= 15 is 0 Å². The van der Waals surface area contributed by atoms with Crippen molar-refractivity contribution in [2.75, 3.05) is 6.61 Å². The predicted molar refractivity (Wildman–Crippen MR) is 75.8 cm³/mol. The highest BCUT2D eigenvalue weighted by molar-refractivity contribution is 9.10. The molecular weight excluding hydrogens is 300 g/mol. The Morgan fingerprint density at radius 3 is 2.76 bits per heavy atom. The van der Waals surface area contributed by atoms with E-state index in [-0.39, 0.29) is 0 Å². The predicted octanol–water partition coefficient (Wildman–Crippen LogP) is 5.45. The molecule has 0 saturated heterocycles. The van der Waals surface area contributed by atoms with E-state index in [2.05, 4.69) is 15.9 Å². The minimum atomic E-state index is 0.692. The van der Waals surface area contributed by atoms with Gasteiger partial charge in [0.1, 0.15) is 5.75 Å². The lowest BCUT2D eigenvalue weighted by Gasteiger charge is -2.21. The fourth-order valence-electron chi connectivity index (χ4n) is 2.40. The average Bonchev–Trinajstić information content (AvgIpc) is 2.35. The summed E-state index contributed by atoms with van der Waals surface area (Å²) in [6, 6.07) is 5.72. The van der Waals surface area contributed by atoms with E-state index in [9.17, 15) is 0 Å². The smallest absolute Gasteiger partial charge is 0.139 e. The molecule has 0 atom stereocenters. The molecule has 0 amide bonds. The van der Waals surface area contributed by atoms with Crippen LogP contribution in [0.25, 0.3) is 0 Å². The largest absolute Gasteiger partial charge is 0.492 e. The van der Waals surface area contributed by atoms with Crippen LogP contribution < -0.4 is 4.74 Å². The van der Waals surface area contributed by atoms with Gasteiger partial charge in [0.05, 0.1) is 11.6 Å². The van der Waals surface area contributed by atoms with Crippen LogP contribution in [0.2, 0.25) is 5.02 Å². The summed E-state index contributed by atoms with van der Waals surface area (Å²) in [5, 5.41) is 0.692. The molecule has 1 aromatic rings. The van der Waals surface area contributed by atoms with Crippen molar-refractivity contribution in [3.63, 3.8) is 0 Å². The van der Waals surface area contributed by atoms with Crippen molar-refractivity contribution in [3.8, 4) is 5.75 Å². The highest BCUT2D eigenvalue weighted by Gasteiger charge is 2.13. The maximum atomic E-state index is 6.07. The molecule has 0 bridgehead atoms. The highest BCUT2D eigenvalue weighted by Crippen LogP contribution is 2.30. The van der Waals surface area contributed by atoms with Crippen molar-refractivity contribution in [1.29, 1.82) is 0 Å². The number of halogens is 2. The molecule has 94 valence electrons. The Morgan fingerprint density at radius 1 is 1.24 bits per heavy atom. The molecule has 0 aromatic heterocycles. The highest BCUT2D eigenvalue weighted by atomic mass is 79.9. The zero-order valence-corrected chi connectivity index (χ0v) is 12.3. The normalized spacial score (nSPS) is 17.1. The van der Waals surface area contributed by atoms with Crippen LogP contribution >= 0.6 is 27.5 Å². The molecule has 2 rings (SSSR count). The summed E-state index contributed by atoms with van der Waals surface area (Å²) in [6.07, 6.45) is 8.09. The van der Waals surface area contributed by atoms with Gasteiger partial charge in [-0.05, 0) is 30.5 Å². The molecule has 0 spiro atoms. The summed E-state index contributed by atoms with van der Waals surface area (Å²) in [7, 11) is 0. The lowest BCUT2D eigenvalue weighted by Crippen LogP contribution is -2.10. The van der Waals surface area contributed by atoms with E-state index in [4.69, 9.17) is 16.3 Å². The quantitative estimate of drug-likeness (QED) is 0.717. The van der Waals surface area contributed by atoms with Crippen molar-refractivity contribution in [2.24, 2.45) is 5.92 Å². The van der Waals surface area contributed by atoms with Gasteiger partial charge in [-0.2, -0.15) is 0 Å². The van der Waals surface area contributed by atoms with E-state index in [0.29, 0.717) is 5.02 Å². The van der Waals surface area contributed by atoms with Crippen LogP contribution in [0, 0.1) is 5.92 Å². The van der Waals surface area contributed by atoms with Gasteiger partial charge < -0.3 is 4.74 Å². The first-order valence-electron chi connectivity index (χ1n) is 6.33. The fraction of sp³-hybridized carbons (Fsp3) is 0.571. The Morgan fingerprint density at radius 2 is 2.00 bits per heavy atom. The second-order valence-electron chi connectivity index (χ2n) is 4.72. The Kier molecular flexibility index (Phi) is 5.17. The summed E-state index contributed by atoms with van der Waals surface area (Å²) >= 11 is 9.50. The summed E-state index contributed by atoms with van der Waals surface area (Å²) in [4.78, 5) is 0. The molecular formula is C14H18BrClO. The molecule has 1 aliphatic rings. The fourth-order valence-corrected chi connectivity index (χ4v) is 2.91. The first-order chi connectivity index (χ1) is 8.25. The maximum absolute atomic E-state index is 6.07. The minimum absolute atomic E-state index is 0.692. The molecule has 1 nitrogen and oxygen atoms in total. The van der Waals surface area contributed by atoms with Crippen molar-refractivity contribution < 1.29 is 4.74 Å². The summed E-state index contributed by atoms with van der Waals surface area (Å²) in [5.74, 6) is 1.64. The lowest BCUT2D eigenvalue weighted by molar-refractivity contribution is 0.246. The Hall–Kier alpha value is -0.210. The van der Waals surface area contributed by atoms with Crippen LogP contribution in [0.1, 0.15) is 38.5 Å². The number of ether oxygens (including phenoxy) is 1. The zero-order chi connectivity index (χ0) is 12.1. The molecule has 3 heteroatoms. The number of hydrogen-bond acceptors (Lipinski definition) is 1. The SMILES string of the molecule is Clc1ccc(Br)cc1OCCC1CCCCC1. The Balaban J connectivity index is 1.79. The van der Waals surface area contributed by atoms with Gasteiger partial charge in [-0.3, -0.25) is 0 Å². The van der Waals surface area contributed by atoms with Crippen molar-refractivity contribution >= 4 is 27.5 Å². The van der Waals surface area contributed by atoms with E-state index in [0.717, 1.165) is 29.2 Å². The van der Waals surface area contributed by atoms with Gasteiger partial charge in [0.25, 0.3) is 0 Å². The van der Waals surface area contributed by atoms with Crippen molar-refractivity contribution in [3.05, 3.63) is 27.7 Å². The maximum Gasteiger partial charge on any atom is 0.139 e. The van der Waals surface area contributed by atoms with Crippen LogP contribution in [-0.2, 0) is 0 Å². The number of hydrogen-bond donors (Lipinski definition) is 0. The van der Waals surface area contributed by atoms with Gasteiger partial charge in [0, 0.05) is 4.47 Å². The Bertz CT molecular complexity index is 361. The molecule has 1 aromatic carbocycles. The summed E-state index contributed by atoms with van der Waals surface area (Å²) < 4.78 is 6.77.